The molecule has 0 spiro atoms. The first-order chi connectivity index (χ1) is 14.7. The highest BCUT2D eigenvalue weighted by Gasteiger charge is 2.30. The fraction of sp³-hybridized carbons (Fsp3) is 0.273. The fourth-order valence-electron chi connectivity index (χ4n) is 2.84. The van der Waals surface area contributed by atoms with E-state index in [9.17, 15) is 18.0 Å². The van der Waals surface area contributed by atoms with Gasteiger partial charge in [-0.25, -0.2) is 9.78 Å². The van der Waals surface area contributed by atoms with Crippen LogP contribution in [0.5, 0.6) is 5.75 Å². The molecule has 3 aromatic rings. The number of hydrogen-bond acceptors (Lipinski definition) is 5. The van der Waals surface area contributed by atoms with Crippen LogP contribution < -0.4 is 4.74 Å². The fourth-order valence-corrected chi connectivity index (χ4v) is 5.01. The second-order valence-electron chi connectivity index (χ2n) is 6.70. The molecule has 0 saturated heterocycles. The van der Waals surface area contributed by atoms with Gasteiger partial charge in [0, 0.05) is 21.1 Å². The summed E-state index contributed by atoms with van der Waals surface area (Å²) in [6.45, 7) is 3.48. The smallest absolute Gasteiger partial charge is 0.416 e. The average molecular weight is 468 g/mol. The number of rotatable bonds is 8. The summed E-state index contributed by atoms with van der Waals surface area (Å²) in [4.78, 5) is 17.3. The quantitative estimate of drug-likeness (QED) is 0.386. The van der Waals surface area contributed by atoms with E-state index in [1.54, 1.807) is 17.8 Å². The molecule has 0 fully saturated rings. The normalized spacial score (nSPS) is 11.5. The Morgan fingerprint density at radius 2 is 1.90 bits per heavy atom. The first-order valence-electron chi connectivity index (χ1n) is 9.41. The Morgan fingerprint density at radius 1 is 1.19 bits per heavy atom. The average Bonchev–Trinajstić information content (AvgIpc) is 3.11. The number of nitrogens with zero attached hydrogens (tertiary/aromatic N) is 1. The van der Waals surface area contributed by atoms with Crippen molar-refractivity contribution >= 4 is 29.1 Å². The number of aliphatic carboxylic acids is 1. The zero-order valence-electron chi connectivity index (χ0n) is 16.8. The van der Waals surface area contributed by atoms with Gasteiger partial charge in [-0.15, -0.1) is 23.1 Å². The monoisotopic (exact) mass is 467 g/mol. The maximum absolute atomic E-state index is 12.8. The lowest BCUT2D eigenvalue weighted by molar-refractivity contribution is -0.139. The van der Waals surface area contributed by atoms with Gasteiger partial charge in [0.2, 0.25) is 0 Å². The van der Waals surface area contributed by atoms with E-state index in [1.807, 2.05) is 26.0 Å². The van der Waals surface area contributed by atoms with Crippen LogP contribution in [-0.2, 0) is 23.1 Å². The Balaban J connectivity index is 1.70. The van der Waals surface area contributed by atoms with Crippen LogP contribution >= 0.6 is 23.1 Å². The molecule has 0 bridgehead atoms. The molecule has 1 N–H and O–H groups in total. The van der Waals surface area contributed by atoms with Crippen molar-refractivity contribution in [3.63, 3.8) is 0 Å². The van der Waals surface area contributed by atoms with Gasteiger partial charge in [0.25, 0.3) is 0 Å². The molecule has 164 valence electrons. The summed E-state index contributed by atoms with van der Waals surface area (Å²) < 4.78 is 43.6. The van der Waals surface area contributed by atoms with E-state index < -0.39 is 17.7 Å². The zero-order valence-corrected chi connectivity index (χ0v) is 18.5. The van der Waals surface area contributed by atoms with Gasteiger partial charge in [0.15, 0.2) is 6.61 Å². The van der Waals surface area contributed by atoms with Crippen molar-refractivity contribution in [1.82, 2.24) is 4.98 Å². The summed E-state index contributed by atoms with van der Waals surface area (Å²) in [7, 11) is 0. The van der Waals surface area contributed by atoms with Gasteiger partial charge in [-0.3, -0.25) is 0 Å². The lowest BCUT2D eigenvalue weighted by Gasteiger charge is -2.10. The van der Waals surface area contributed by atoms with E-state index in [0.717, 1.165) is 33.2 Å². The van der Waals surface area contributed by atoms with E-state index in [-0.39, 0.29) is 6.61 Å². The zero-order chi connectivity index (χ0) is 22.6. The van der Waals surface area contributed by atoms with Gasteiger partial charge in [-0.1, -0.05) is 19.1 Å². The molecule has 1 aromatic heterocycles. The minimum atomic E-state index is -4.36. The first-order valence-corrected chi connectivity index (χ1v) is 11.2. The van der Waals surface area contributed by atoms with E-state index in [1.165, 1.54) is 23.5 Å². The Hall–Kier alpha value is -2.52. The number of halogens is 3. The summed E-state index contributed by atoms with van der Waals surface area (Å²) in [5.41, 5.74) is 1.76. The molecule has 31 heavy (non-hydrogen) atoms. The van der Waals surface area contributed by atoms with Gasteiger partial charge >= 0.3 is 12.1 Å². The largest absolute Gasteiger partial charge is 0.482 e. The van der Waals surface area contributed by atoms with Crippen LogP contribution in [0.2, 0.25) is 0 Å². The van der Waals surface area contributed by atoms with E-state index in [2.05, 4.69) is 4.98 Å². The summed E-state index contributed by atoms with van der Waals surface area (Å²) in [5.74, 6) is 0.209. The first kappa shape index (κ1) is 23.1. The van der Waals surface area contributed by atoms with Crippen molar-refractivity contribution in [1.29, 1.82) is 0 Å². The molecular formula is C22H20F3NO3S2. The maximum Gasteiger partial charge on any atom is 0.416 e. The minimum Gasteiger partial charge on any atom is -0.482 e. The molecular weight excluding hydrogens is 447 g/mol. The number of carboxylic acids is 1. The molecule has 0 amide bonds. The second-order valence-corrected chi connectivity index (χ2v) is 8.83. The molecule has 0 aliphatic carbocycles. The number of carbonyl (C=O) groups is 1. The topological polar surface area (TPSA) is 59.4 Å². The molecule has 2 aromatic carbocycles. The van der Waals surface area contributed by atoms with Crippen molar-refractivity contribution in [3.05, 3.63) is 64.2 Å². The summed E-state index contributed by atoms with van der Waals surface area (Å²) in [5, 5.41) is 9.47. The van der Waals surface area contributed by atoms with Crippen LogP contribution in [0.1, 0.15) is 28.6 Å². The number of aromatic nitrogens is 1. The van der Waals surface area contributed by atoms with Crippen molar-refractivity contribution in [3.8, 4) is 16.3 Å². The van der Waals surface area contributed by atoms with Crippen LogP contribution in [0.4, 0.5) is 13.2 Å². The number of ether oxygens (including phenoxy) is 1. The predicted molar refractivity (Wildman–Crippen MR) is 116 cm³/mol. The van der Waals surface area contributed by atoms with Gasteiger partial charge in [0.1, 0.15) is 10.8 Å². The number of alkyl halides is 3. The van der Waals surface area contributed by atoms with Crippen LogP contribution in [0.3, 0.4) is 0 Å². The molecule has 9 heteroatoms. The molecule has 0 atom stereocenters. The number of aryl methyl sites for hydroxylation is 2. The lowest BCUT2D eigenvalue weighted by atomic mass is 10.1. The third-order valence-electron chi connectivity index (χ3n) is 4.49. The van der Waals surface area contributed by atoms with E-state index >= 15 is 0 Å². The Bertz CT molecular complexity index is 1060. The Morgan fingerprint density at radius 3 is 2.52 bits per heavy atom. The molecule has 0 aliphatic rings. The number of thioether (sulfide) groups is 1. The van der Waals surface area contributed by atoms with Crippen molar-refractivity contribution in [2.75, 3.05) is 6.61 Å². The van der Waals surface area contributed by atoms with Gasteiger partial charge in [-0.05, 0) is 49.2 Å². The third kappa shape index (κ3) is 6.01. The standard InChI is InChI=1S/C22H20F3NO3S2/c1-3-14-10-17(8-9-18(14)29-11-20(27)28)30-12-19-13(2)26-21(31-19)15-4-6-16(7-5-15)22(23,24)25/h4-10H,3,11-12H2,1-2H3,(H,27,28). The highest BCUT2D eigenvalue weighted by atomic mass is 32.2. The van der Waals surface area contributed by atoms with Gasteiger partial charge in [-0.2, -0.15) is 13.2 Å². The molecule has 0 unspecified atom stereocenters. The van der Waals surface area contributed by atoms with Crippen LogP contribution in [0.15, 0.2) is 47.4 Å². The highest BCUT2D eigenvalue weighted by Crippen LogP contribution is 2.35. The van der Waals surface area contributed by atoms with Crippen molar-refractivity contribution < 1.29 is 27.8 Å². The van der Waals surface area contributed by atoms with Crippen molar-refractivity contribution in [2.45, 2.75) is 37.1 Å². The Kier molecular flexibility index (Phi) is 7.27. The molecule has 0 radical (unpaired) electrons. The van der Waals surface area contributed by atoms with Crippen LogP contribution in [0.25, 0.3) is 10.6 Å². The highest BCUT2D eigenvalue weighted by molar-refractivity contribution is 7.98. The number of hydrogen-bond donors (Lipinski definition) is 1. The molecule has 3 rings (SSSR count). The van der Waals surface area contributed by atoms with Crippen molar-refractivity contribution in [2.24, 2.45) is 0 Å². The van der Waals surface area contributed by atoms with Gasteiger partial charge in [0.05, 0.1) is 11.3 Å². The van der Waals surface area contributed by atoms with E-state index in [4.69, 9.17) is 9.84 Å². The molecule has 1 heterocycles. The third-order valence-corrected chi connectivity index (χ3v) is 6.90. The summed E-state index contributed by atoms with van der Waals surface area (Å²) in [6.07, 6.45) is -3.65. The number of carboxylic acid groups (broad SMARTS) is 1. The second kappa shape index (κ2) is 9.74. The number of thiazole rings is 1. The molecule has 0 aliphatic heterocycles. The minimum absolute atomic E-state index is 0.383. The van der Waals surface area contributed by atoms with E-state index in [0.29, 0.717) is 28.5 Å². The predicted octanol–water partition coefficient (Wildman–Crippen LogP) is 6.46. The van der Waals surface area contributed by atoms with Crippen LogP contribution in [0, 0.1) is 6.92 Å². The lowest BCUT2D eigenvalue weighted by Crippen LogP contribution is -2.10. The SMILES string of the molecule is CCc1cc(SCc2sc(-c3ccc(C(F)(F)F)cc3)nc2C)ccc1OCC(=O)O. The number of benzene rings is 2. The van der Waals surface area contributed by atoms with Gasteiger partial charge < -0.3 is 9.84 Å². The summed E-state index contributed by atoms with van der Waals surface area (Å²) >= 11 is 3.08. The molecule has 0 saturated carbocycles. The molecule has 4 nitrogen and oxygen atoms in total. The maximum atomic E-state index is 12.8. The summed E-state index contributed by atoms with van der Waals surface area (Å²) in [6, 6.07) is 10.7. The van der Waals surface area contributed by atoms with Crippen LogP contribution in [-0.4, -0.2) is 22.7 Å². The Labute approximate surface area is 186 Å².